The van der Waals surface area contributed by atoms with Crippen LogP contribution in [-0.4, -0.2) is 42.8 Å². The van der Waals surface area contributed by atoms with Crippen LogP contribution in [0.2, 0.25) is 0 Å². The van der Waals surface area contributed by atoms with Crippen LogP contribution in [0.5, 0.6) is 0 Å². The lowest BCUT2D eigenvalue weighted by Gasteiger charge is -2.64. The van der Waals surface area contributed by atoms with Crippen LogP contribution in [0.25, 0.3) is 0 Å². The molecule has 0 aromatic heterocycles. The van der Waals surface area contributed by atoms with Crippen molar-refractivity contribution < 1.29 is 4.74 Å². The summed E-state index contributed by atoms with van der Waals surface area (Å²) in [7, 11) is 0. The second-order valence-electron chi connectivity index (χ2n) is 8.17. The van der Waals surface area contributed by atoms with Crippen molar-refractivity contribution in [2.45, 2.75) is 63.5 Å². The maximum absolute atomic E-state index is 6.46. The SMILES string of the molecule is CCN(CC1CCCO1)C1(CN)C2CC3CC(C2)CC1C3. The molecule has 1 atom stereocenters. The highest BCUT2D eigenvalue weighted by Gasteiger charge is 2.58. The molecule has 4 bridgehead atoms. The Hall–Kier alpha value is -0.120. The predicted octanol–water partition coefficient (Wildman–Crippen LogP) is 2.64. The molecule has 4 aliphatic carbocycles. The lowest BCUT2D eigenvalue weighted by atomic mass is 9.48. The zero-order valence-corrected chi connectivity index (χ0v) is 13.6. The van der Waals surface area contributed by atoms with Crippen molar-refractivity contribution in [1.82, 2.24) is 4.90 Å². The van der Waals surface area contributed by atoms with Crippen molar-refractivity contribution >= 4 is 0 Å². The van der Waals surface area contributed by atoms with E-state index >= 15 is 0 Å². The van der Waals surface area contributed by atoms with Crippen molar-refractivity contribution in [2.75, 3.05) is 26.2 Å². The molecule has 0 spiro atoms. The third-order valence-electron chi connectivity index (χ3n) is 7.30. The summed E-state index contributed by atoms with van der Waals surface area (Å²) in [6, 6.07) is 0. The molecule has 120 valence electrons. The third-order valence-corrected chi connectivity index (χ3v) is 7.30. The fourth-order valence-corrected chi connectivity index (χ4v) is 6.61. The second-order valence-corrected chi connectivity index (χ2v) is 8.17. The fraction of sp³-hybridized carbons (Fsp3) is 1.00. The van der Waals surface area contributed by atoms with Crippen molar-refractivity contribution in [1.29, 1.82) is 0 Å². The van der Waals surface area contributed by atoms with Gasteiger partial charge in [0.1, 0.15) is 0 Å². The quantitative estimate of drug-likeness (QED) is 0.846. The second kappa shape index (κ2) is 5.50. The van der Waals surface area contributed by atoms with Gasteiger partial charge in [0, 0.05) is 25.2 Å². The first-order valence-corrected chi connectivity index (χ1v) is 9.33. The third kappa shape index (κ3) is 2.19. The molecule has 1 heterocycles. The summed E-state index contributed by atoms with van der Waals surface area (Å²) in [5.41, 5.74) is 6.76. The summed E-state index contributed by atoms with van der Waals surface area (Å²) < 4.78 is 5.94. The smallest absolute Gasteiger partial charge is 0.0703 e. The molecule has 1 saturated heterocycles. The van der Waals surface area contributed by atoms with E-state index in [1.807, 2.05) is 0 Å². The number of nitrogens with two attached hydrogens (primary N) is 1. The van der Waals surface area contributed by atoms with E-state index in [0.29, 0.717) is 11.6 Å². The van der Waals surface area contributed by atoms with Crippen LogP contribution >= 0.6 is 0 Å². The molecule has 21 heavy (non-hydrogen) atoms. The van der Waals surface area contributed by atoms with Gasteiger partial charge in [0.2, 0.25) is 0 Å². The Labute approximate surface area is 129 Å². The minimum absolute atomic E-state index is 0.300. The molecule has 0 aromatic rings. The van der Waals surface area contributed by atoms with E-state index in [1.54, 1.807) is 0 Å². The molecular formula is C18H32N2O. The van der Waals surface area contributed by atoms with Crippen molar-refractivity contribution in [3.8, 4) is 0 Å². The molecule has 4 saturated carbocycles. The van der Waals surface area contributed by atoms with Gasteiger partial charge in [-0.2, -0.15) is 0 Å². The average Bonchev–Trinajstić information content (AvgIpc) is 2.98. The number of ether oxygens (including phenoxy) is 1. The zero-order chi connectivity index (χ0) is 14.4. The van der Waals surface area contributed by atoms with Crippen molar-refractivity contribution in [3.63, 3.8) is 0 Å². The van der Waals surface area contributed by atoms with E-state index in [-0.39, 0.29) is 0 Å². The van der Waals surface area contributed by atoms with Gasteiger partial charge in [-0.15, -0.1) is 0 Å². The molecular weight excluding hydrogens is 260 g/mol. The Balaban J connectivity index is 1.58. The van der Waals surface area contributed by atoms with Gasteiger partial charge in [-0.25, -0.2) is 0 Å². The van der Waals surface area contributed by atoms with Crippen LogP contribution in [0.15, 0.2) is 0 Å². The van der Waals surface area contributed by atoms with E-state index in [2.05, 4.69) is 11.8 Å². The van der Waals surface area contributed by atoms with E-state index in [0.717, 1.165) is 49.9 Å². The summed E-state index contributed by atoms with van der Waals surface area (Å²) in [6.07, 6.45) is 10.3. The first kappa shape index (κ1) is 14.5. The molecule has 2 N–H and O–H groups in total. The first-order valence-electron chi connectivity index (χ1n) is 9.33. The van der Waals surface area contributed by atoms with E-state index < -0.39 is 0 Å². The van der Waals surface area contributed by atoms with Crippen LogP contribution < -0.4 is 5.73 Å². The number of rotatable bonds is 5. The van der Waals surface area contributed by atoms with Gasteiger partial charge in [-0.05, 0) is 75.2 Å². The van der Waals surface area contributed by atoms with Gasteiger partial charge in [0.25, 0.3) is 0 Å². The molecule has 5 fully saturated rings. The Morgan fingerprint density at radius 3 is 2.24 bits per heavy atom. The summed E-state index contributed by atoms with van der Waals surface area (Å²) in [5.74, 6) is 3.77. The minimum atomic E-state index is 0.300. The van der Waals surface area contributed by atoms with Gasteiger partial charge in [-0.3, -0.25) is 4.90 Å². The zero-order valence-electron chi connectivity index (χ0n) is 13.6. The Morgan fingerprint density at radius 1 is 1.10 bits per heavy atom. The van der Waals surface area contributed by atoms with E-state index in [1.165, 1.54) is 44.9 Å². The van der Waals surface area contributed by atoms with E-state index in [9.17, 15) is 0 Å². The highest BCUT2D eigenvalue weighted by atomic mass is 16.5. The molecule has 3 heteroatoms. The molecule has 1 unspecified atom stereocenters. The number of likely N-dealkylation sites (N-methyl/N-ethyl adjacent to an activating group) is 1. The monoisotopic (exact) mass is 292 g/mol. The van der Waals surface area contributed by atoms with Crippen molar-refractivity contribution in [3.05, 3.63) is 0 Å². The Bertz CT molecular complexity index is 349. The van der Waals surface area contributed by atoms with Crippen LogP contribution in [0.4, 0.5) is 0 Å². The average molecular weight is 292 g/mol. The number of hydrogen-bond acceptors (Lipinski definition) is 3. The Morgan fingerprint density at radius 2 is 1.76 bits per heavy atom. The van der Waals surface area contributed by atoms with Crippen LogP contribution in [-0.2, 0) is 4.74 Å². The highest BCUT2D eigenvalue weighted by Crippen LogP contribution is 2.59. The van der Waals surface area contributed by atoms with Gasteiger partial charge < -0.3 is 10.5 Å². The molecule has 0 amide bonds. The first-order chi connectivity index (χ1) is 10.3. The molecule has 5 aliphatic rings. The summed E-state index contributed by atoms with van der Waals surface area (Å²) >= 11 is 0. The van der Waals surface area contributed by atoms with Gasteiger partial charge in [0.15, 0.2) is 0 Å². The van der Waals surface area contributed by atoms with Crippen LogP contribution in [0, 0.1) is 23.7 Å². The normalized spacial score (nSPS) is 48.4. The highest BCUT2D eigenvalue weighted by molar-refractivity contribution is 5.12. The van der Waals surface area contributed by atoms with Gasteiger partial charge >= 0.3 is 0 Å². The molecule has 3 nitrogen and oxygen atoms in total. The largest absolute Gasteiger partial charge is 0.377 e. The number of hydrogen-bond donors (Lipinski definition) is 1. The number of nitrogens with zero attached hydrogens (tertiary/aromatic N) is 1. The molecule has 0 aromatic carbocycles. The lowest BCUT2D eigenvalue weighted by molar-refractivity contribution is -0.138. The van der Waals surface area contributed by atoms with Gasteiger partial charge in [-0.1, -0.05) is 6.92 Å². The summed E-state index contributed by atoms with van der Waals surface area (Å²) in [6.45, 7) is 6.42. The van der Waals surface area contributed by atoms with Crippen LogP contribution in [0.1, 0.15) is 51.9 Å². The maximum atomic E-state index is 6.46. The minimum Gasteiger partial charge on any atom is -0.377 e. The predicted molar refractivity (Wildman–Crippen MR) is 85.1 cm³/mol. The summed E-state index contributed by atoms with van der Waals surface area (Å²) in [4.78, 5) is 2.76. The van der Waals surface area contributed by atoms with Crippen molar-refractivity contribution in [2.24, 2.45) is 29.4 Å². The fourth-order valence-electron chi connectivity index (χ4n) is 6.61. The molecule has 1 aliphatic heterocycles. The van der Waals surface area contributed by atoms with Crippen LogP contribution in [0.3, 0.4) is 0 Å². The van der Waals surface area contributed by atoms with E-state index in [4.69, 9.17) is 10.5 Å². The molecule has 0 radical (unpaired) electrons. The standard InChI is InChI=1S/C18H32N2O/c1-2-20(11-17-4-3-5-21-17)18(12-19)15-7-13-6-14(9-15)10-16(18)8-13/h13-17H,2-12,19H2,1H3. The summed E-state index contributed by atoms with van der Waals surface area (Å²) in [5, 5.41) is 0. The topological polar surface area (TPSA) is 38.5 Å². The Kier molecular flexibility index (Phi) is 3.79. The van der Waals surface area contributed by atoms with Gasteiger partial charge in [0.05, 0.1) is 6.10 Å². The molecule has 5 rings (SSSR count). The lowest BCUT2D eigenvalue weighted by Crippen LogP contribution is -2.70. The maximum Gasteiger partial charge on any atom is 0.0703 e.